The van der Waals surface area contributed by atoms with E-state index in [2.05, 4.69) is 9.72 Å². The molecule has 1 aromatic heterocycles. The maximum Gasteiger partial charge on any atom is 0.357 e. The second-order valence-corrected chi connectivity index (χ2v) is 4.27. The van der Waals surface area contributed by atoms with Gasteiger partial charge in [-0.25, -0.2) is 9.78 Å². The molecule has 0 unspecified atom stereocenters. The molecule has 1 rings (SSSR count). The van der Waals surface area contributed by atoms with E-state index in [1.54, 1.807) is 4.57 Å². The van der Waals surface area contributed by atoms with Gasteiger partial charge < -0.3 is 9.30 Å². The first kappa shape index (κ1) is 11.0. The monoisotopic (exact) mass is 216 g/mol. The molecular weight excluding hydrogens is 204 g/mol. The van der Waals surface area contributed by atoms with E-state index in [-0.39, 0.29) is 10.7 Å². The molecule has 5 heteroatoms. The number of halogens is 1. The minimum atomic E-state index is -0.470. The molecule has 0 saturated carbocycles. The van der Waals surface area contributed by atoms with Gasteiger partial charge >= 0.3 is 5.97 Å². The van der Waals surface area contributed by atoms with Crippen molar-refractivity contribution >= 4 is 17.6 Å². The molecule has 0 N–H and O–H groups in total. The number of imidazole rings is 1. The van der Waals surface area contributed by atoms with E-state index < -0.39 is 5.97 Å². The fourth-order valence-corrected chi connectivity index (χ4v) is 1.33. The third-order valence-corrected chi connectivity index (χ3v) is 2.10. The molecule has 0 aliphatic heterocycles. The van der Waals surface area contributed by atoms with Crippen LogP contribution in [0.15, 0.2) is 6.33 Å². The van der Waals surface area contributed by atoms with Crippen molar-refractivity contribution in [3.63, 3.8) is 0 Å². The van der Waals surface area contributed by atoms with Crippen LogP contribution in [0.3, 0.4) is 0 Å². The van der Waals surface area contributed by atoms with Gasteiger partial charge in [0.1, 0.15) is 0 Å². The molecule has 0 spiro atoms. The van der Waals surface area contributed by atoms with Crippen LogP contribution in [0.4, 0.5) is 0 Å². The highest BCUT2D eigenvalue weighted by atomic mass is 35.5. The molecule has 14 heavy (non-hydrogen) atoms. The number of aromatic nitrogens is 2. The SMILES string of the molecule is COC(=O)c1c(Cl)ncn1C(C)(C)C. The number of methoxy groups -OCH3 is 1. The Morgan fingerprint density at radius 1 is 1.57 bits per heavy atom. The van der Waals surface area contributed by atoms with Crippen molar-refractivity contribution < 1.29 is 9.53 Å². The minimum Gasteiger partial charge on any atom is -0.464 e. The second kappa shape index (κ2) is 3.61. The maximum absolute atomic E-state index is 11.4. The fraction of sp³-hybridized carbons (Fsp3) is 0.556. The third-order valence-electron chi connectivity index (χ3n) is 1.82. The third kappa shape index (κ3) is 1.90. The Labute approximate surface area is 87.8 Å². The molecule has 0 aliphatic rings. The van der Waals surface area contributed by atoms with Gasteiger partial charge in [0.05, 0.1) is 13.4 Å². The van der Waals surface area contributed by atoms with Gasteiger partial charge in [-0.2, -0.15) is 0 Å². The minimum absolute atomic E-state index is 0.173. The normalized spacial score (nSPS) is 11.5. The zero-order valence-corrected chi connectivity index (χ0v) is 9.42. The average molecular weight is 217 g/mol. The van der Waals surface area contributed by atoms with Gasteiger partial charge in [-0.3, -0.25) is 0 Å². The van der Waals surface area contributed by atoms with Gasteiger partial charge in [-0.15, -0.1) is 0 Å². The smallest absolute Gasteiger partial charge is 0.357 e. The number of carbonyl (C=O) groups excluding carboxylic acids is 1. The molecular formula is C9H13ClN2O2. The van der Waals surface area contributed by atoms with E-state index in [4.69, 9.17) is 11.6 Å². The average Bonchev–Trinajstić information content (AvgIpc) is 2.45. The highest BCUT2D eigenvalue weighted by molar-refractivity contribution is 6.32. The van der Waals surface area contributed by atoms with Crippen molar-refractivity contribution in [2.24, 2.45) is 0 Å². The molecule has 4 nitrogen and oxygen atoms in total. The van der Waals surface area contributed by atoms with Crippen molar-refractivity contribution in [3.05, 3.63) is 17.2 Å². The highest BCUT2D eigenvalue weighted by Gasteiger charge is 2.24. The van der Waals surface area contributed by atoms with Crippen molar-refractivity contribution in [2.75, 3.05) is 7.11 Å². The topological polar surface area (TPSA) is 44.1 Å². The Hall–Kier alpha value is -1.03. The van der Waals surface area contributed by atoms with E-state index in [1.165, 1.54) is 13.4 Å². The number of nitrogens with zero attached hydrogens (tertiary/aromatic N) is 2. The van der Waals surface area contributed by atoms with E-state index >= 15 is 0 Å². The van der Waals surface area contributed by atoms with Crippen LogP contribution in [0.5, 0.6) is 0 Å². The van der Waals surface area contributed by atoms with Crippen LogP contribution in [0.1, 0.15) is 31.3 Å². The first-order valence-electron chi connectivity index (χ1n) is 4.19. The molecule has 0 atom stereocenters. The van der Waals surface area contributed by atoms with Gasteiger partial charge in [-0.1, -0.05) is 11.6 Å². The van der Waals surface area contributed by atoms with Gasteiger partial charge in [0, 0.05) is 5.54 Å². The zero-order valence-electron chi connectivity index (χ0n) is 8.67. The van der Waals surface area contributed by atoms with Crippen LogP contribution in [-0.4, -0.2) is 22.6 Å². The molecule has 0 saturated heterocycles. The predicted molar refractivity (Wildman–Crippen MR) is 53.6 cm³/mol. The Kier molecular flexibility index (Phi) is 2.85. The number of esters is 1. The molecule has 1 aromatic rings. The first-order valence-corrected chi connectivity index (χ1v) is 4.57. The summed E-state index contributed by atoms with van der Waals surface area (Å²) < 4.78 is 6.32. The van der Waals surface area contributed by atoms with Crippen LogP contribution >= 0.6 is 11.6 Å². The molecule has 0 radical (unpaired) electrons. The molecule has 78 valence electrons. The number of hydrogen-bond acceptors (Lipinski definition) is 3. The van der Waals surface area contributed by atoms with Gasteiger partial charge in [0.15, 0.2) is 10.8 Å². The van der Waals surface area contributed by atoms with E-state index in [0.717, 1.165) is 0 Å². The van der Waals surface area contributed by atoms with Gasteiger partial charge in [0.2, 0.25) is 0 Å². The Balaban J connectivity index is 3.26. The number of ether oxygens (including phenoxy) is 1. The van der Waals surface area contributed by atoms with Crippen LogP contribution in [-0.2, 0) is 10.3 Å². The molecule has 0 amide bonds. The second-order valence-electron chi connectivity index (χ2n) is 3.92. The molecule has 0 aromatic carbocycles. The lowest BCUT2D eigenvalue weighted by Crippen LogP contribution is -2.25. The van der Waals surface area contributed by atoms with Gasteiger partial charge in [0.25, 0.3) is 0 Å². The molecule has 0 bridgehead atoms. The van der Waals surface area contributed by atoms with Gasteiger partial charge in [-0.05, 0) is 20.8 Å². The summed E-state index contributed by atoms with van der Waals surface area (Å²) in [5, 5.41) is 0.173. The van der Waals surface area contributed by atoms with E-state index in [9.17, 15) is 4.79 Å². The first-order chi connectivity index (χ1) is 6.38. The van der Waals surface area contributed by atoms with Crippen LogP contribution in [0, 0.1) is 0 Å². The largest absolute Gasteiger partial charge is 0.464 e. The predicted octanol–water partition coefficient (Wildman–Crippen LogP) is 2.08. The van der Waals surface area contributed by atoms with Crippen LogP contribution < -0.4 is 0 Å². The Bertz CT molecular complexity index is 352. The summed E-state index contributed by atoms with van der Waals surface area (Å²) in [4.78, 5) is 15.3. The lowest BCUT2D eigenvalue weighted by molar-refractivity contribution is 0.0582. The summed E-state index contributed by atoms with van der Waals surface area (Å²) in [5.74, 6) is -0.470. The van der Waals surface area contributed by atoms with Crippen molar-refractivity contribution in [1.29, 1.82) is 0 Å². The van der Waals surface area contributed by atoms with Crippen LogP contribution in [0.2, 0.25) is 5.15 Å². The maximum atomic E-state index is 11.4. The Morgan fingerprint density at radius 2 is 2.14 bits per heavy atom. The number of hydrogen-bond donors (Lipinski definition) is 0. The highest BCUT2D eigenvalue weighted by Crippen LogP contribution is 2.22. The summed E-state index contributed by atoms with van der Waals surface area (Å²) >= 11 is 5.79. The number of carbonyl (C=O) groups is 1. The fourth-order valence-electron chi connectivity index (χ4n) is 1.11. The van der Waals surface area contributed by atoms with E-state index in [0.29, 0.717) is 5.69 Å². The van der Waals surface area contributed by atoms with Crippen molar-refractivity contribution in [1.82, 2.24) is 9.55 Å². The summed E-state index contributed by atoms with van der Waals surface area (Å²) in [6.07, 6.45) is 1.54. The molecule has 0 aliphatic carbocycles. The quantitative estimate of drug-likeness (QED) is 0.676. The lowest BCUT2D eigenvalue weighted by Gasteiger charge is -2.22. The molecule has 1 heterocycles. The summed E-state index contributed by atoms with van der Waals surface area (Å²) in [6, 6.07) is 0. The van der Waals surface area contributed by atoms with E-state index in [1.807, 2.05) is 20.8 Å². The molecule has 0 fully saturated rings. The Morgan fingerprint density at radius 3 is 2.57 bits per heavy atom. The van der Waals surface area contributed by atoms with Crippen molar-refractivity contribution in [3.8, 4) is 0 Å². The van der Waals surface area contributed by atoms with Crippen molar-refractivity contribution in [2.45, 2.75) is 26.3 Å². The summed E-state index contributed by atoms with van der Waals surface area (Å²) in [7, 11) is 1.32. The standard InChI is InChI=1S/C9H13ClN2O2/c1-9(2,3)12-5-11-7(10)6(12)8(13)14-4/h5H,1-4H3. The zero-order chi connectivity index (χ0) is 10.9. The van der Waals surface area contributed by atoms with Crippen LogP contribution in [0.25, 0.3) is 0 Å². The summed E-state index contributed by atoms with van der Waals surface area (Å²) in [5.41, 5.74) is 0.0468. The lowest BCUT2D eigenvalue weighted by atomic mass is 10.1. The number of rotatable bonds is 1. The summed E-state index contributed by atoms with van der Waals surface area (Å²) in [6.45, 7) is 5.87.